The van der Waals surface area contributed by atoms with Crippen LogP contribution in [0.4, 0.5) is 0 Å². The van der Waals surface area contributed by atoms with Crippen molar-refractivity contribution in [2.45, 2.75) is 34.6 Å². The van der Waals surface area contributed by atoms with Crippen molar-refractivity contribution in [2.75, 3.05) is 0 Å². The minimum atomic E-state index is 0.735. The van der Waals surface area contributed by atoms with E-state index in [1.165, 1.54) is 60.1 Å². The molecule has 0 amide bonds. The highest BCUT2D eigenvalue weighted by atomic mass is 14.6. The Morgan fingerprint density at radius 3 is 1.58 bits per heavy atom. The fraction of sp³-hybridized carbons (Fsp3) is 0.106. The number of aryl methyl sites for hydroxylation is 1. The molecule has 0 aromatic heterocycles. The van der Waals surface area contributed by atoms with Crippen LogP contribution >= 0.6 is 0 Å². The highest BCUT2D eigenvalue weighted by Gasteiger charge is 2.17. The molecule has 2 N–H and O–H groups in total. The van der Waals surface area contributed by atoms with Crippen LogP contribution in [-0.2, 0) is 0 Å². The van der Waals surface area contributed by atoms with Crippen molar-refractivity contribution in [3.8, 4) is 22.3 Å². The lowest BCUT2D eigenvalue weighted by molar-refractivity contribution is 1.34. The normalized spacial score (nSPS) is 11.7. The van der Waals surface area contributed by atoms with Gasteiger partial charge >= 0.3 is 0 Å². The van der Waals surface area contributed by atoms with Crippen molar-refractivity contribution in [3.05, 3.63) is 188 Å². The van der Waals surface area contributed by atoms with Gasteiger partial charge in [0.15, 0.2) is 0 Å². The van der Waals surface area contributed by atoms with Crippen molar-refractivity contribution in [1.82, 2.24) is 0 Å². The van der Waals surface area contributed by atoms with E-state index < -0.39 is 0 Å². The molecular weight excluding hydrogens is 579 g/mol. The zero-order valence-corrected chi connectivity index (χ0v) is 29.1. The summed E-state index contributed by atoms with van der Waals surface area (Å²) in [6, 6.07) is 39.7. The van der Waals surface area contributed by atoms with Gasteiger partial charge in [0, 0.05) is 5.70 Å². The number of nitrogens with two attached hydrogens (primary N) is 1. The molecule has 0 spiro atoms. The van der Waals surface area contributed by atoms with E-state index in [-0.39, 0.29) is 0 Å². The lowest BCUT2D eigenvalue weighted by Crippen LogP contribution is -1.97. The lowest BCUT2D eigenvalue weighted by Gasteiger charge is -2.18. The van der Waals surface area contributed by atoms with Crippen LogP contribution in [0.15, 0.2) is 177 Å². The van der Waals surface area contributed by atoms with Crippen LogP contribution in [0.25, 0.3) is 60.3 Å². The summed E-state index contributed by atoms with van der Waals surface area (Å²) in [5.74, 6) is 0. The number of allylic oxidation sites excluding steroid dienone is 8. The van der Waals surface area contributed by atoms with E-state index in [0.717, 1.165) is 22.4 Å². The first-order valence-electron chi connectivity index (χ1n) is 16.6. The van der Waals surface area contributed by atoms with Crippen LogP contribution in [0, 0.1) is 6.92 Å². The summed E-state index contributed by atoms with van der Waals surface area (Å²) < 4.78 is 0. The molecule has 0 saturated heterocycles. The topological polar surface area (TPSA) is 26.0 Å². The molecule has 0 aliphatic heterocycles. The number of rotatable bonds is 7. The molecule has 6 rings (SSSR count). The van der Waals surface area contributed by atoms with Crippen molar-refractivity contribution < 1.29 is 0 Å². The van der Waals surface area contributed by atoms with Crippen molar-refractivity contribution in [1.29, 1.82) is 0 Å². The van der Waals surface area contributed by atoms with E-state index in [4.69, 9.17) is 5.73 Å². The standard InChI is InChI=1S/C41H35N.C4H6.C2H6/c1-5-11-28(3)29(4)19-23-39(42)31-12-10-13-32(25-31)40-35-14-6-8-16-37(35)41(38-17-9-7-15-36(38)40)33-22-21-30-20-18-27(2)24-34(30)26-33;1-3-4-2;1-2/h5-26H,1,42H2,2-4H3;3-4H,1-2H2;1-2H3/b28-11+,29-19+,39-23-;;. The molecule has 0 unspecified atom stereocenters. The smallest absolute Gasteiger partial charge is 0.0387 e. The molecule has 0 radical (unpaired) electrons. The van der Waals surface area contributed by atoms with Gasteiger partial charge in [0.2, 0.25) is 0 Å². The van der Waals surface area contributed by atoms with Gasteiger partial charge in [-0.2, -0.15) is 0 Å². The first-order chi connectivity index (χ1) is 23.4. The molecule has 0 heterocycles. The fourth-order valence-corrected chi connectivity index (χ4v) is 5.88. The van der Waals surface area contributed by atoms with Gasteiger partial charge in [-0.05, 0) is 110 Å². The van der Waals surface area contributed by atoms with E-state index in [1.54, 1.807) is 12.2 Å². The summed E-state index contributed by atoms with van der Waals surface area (Å²) in [4.78, 5) is 0. The SMILES string of the molecule is C=C/C=C(C)/C(C)=C/C=C(\N)c1cccc(-c2c3ccccc3c(-c3ccc4ccc(C)cc4c3)c3ccccc23)c1.C=CC=C.CC. The van der Waals surface area contributed by atoms with Crippen LogP contribution in [0.5, 0.6) is 0 Å². The molecule has 1 nitrogen and oxygen atoms in total. The van der Waals surface area contributed by atoms with Gasteiger partial charge in [0.25, 0.3) is 0 Å². The Kier molecular flexibility index (Phi) is 12.3. The van der Waals surface area contributed by atoms with Crippen LogP contribution in [0.1, 0.15) is 38.8 Å². The minimum Gasteiger partial charge on any atom is -0.398 e. The maximum Gasteiger partial charge on any atom is 0.0387 e. The molecule has 0 bridgehead atoms. The summed E-state index contributed by atoms with van der Waals surface area (Å²) in [6.07, 6.45) is 11.2. The van der Waals surface area contributed by atoms with Gasteiger partial charge in [0.1, 0.15) is 0 Å². The first-order valence-corrected chi connectivity index (χ1v) is 16.6. The summed E-state index contributed by atoms with van der Waals surface area (Å²) in [6.45, 7) is 20.8. The van der Waals surface area contributed by atoms with Crippen LogP contribution in [-0.4, -0.2) is 0 Å². The van der Waals surface area contributed by atoms with Crippen molar-refractivity contribution in [3.63, 3.8) is 0 Å². The highest BCUT2D eigenvalue weighted by Crippen LogP contribution is 2.44. The summed E-state index contributed by atoms with van der Waals surface area (Å²) in [5, 5.41) is 7.48. The van der Waals surface area contributed by atoms with Gasteiger partial charge in [-0.3, -0.25) is 0 Å². The zero-order chi connectivity index (χ0) is 34.6. The molecule has 48 heavy (non-hydrogen) atoms. The molecule has 6 aromatic rings. The summed E-state index contributed by atoms with van der Waals surface area (Å²) >= 11 is 0. The average molecular weight is 626 g/mol. The van der Waals surface area contributed by atoms with Crippen LogP contribution in [0.2, 0.25) is 0 Å². The second-order valence-electron chi connectivity index (χ2n) is 11.5. The van der Waals surface area contributed by atoms with Gasteiger partial charge in [0.05, 0.1) is 0 Å². The molecule has 6 aromatic carbocycles. The molecule has 0 aliphatic carbocycles. The average Bonchev–Trinajstić information content (AvgIpc) is 3.13. The van der Waals surface area contributed by atoms with E-state index >= 15 is 0 Å². The van der Waals surface area contributed by atoms with Crippen LogP contribution < -0.4 is 5.73 Å². The Bertz CT molecular complexity index is 2120. The van der Waals surface area contributed by atoms with Crippen LogP contribution in [0.3, 0.4) is 0 Å². The summed E-state index contributed by atoms with van der Waals surface area (Å²) in [5.41, 5.74) is 16.8. The van der Waals surface area contributed by atoms with Crippen molar-refractivity contribution in [2.24, 2.45) is 5.73 Å². The predicted molar refractivity (Wildman–Crippen MR) is 216 cm³/mol. The van der Waals surface area contributed by atoms with Crippen molar-refractivity contribution >= 4 is 38.0 Å². The molecule has 240 valence electrons. The minimum absolute atomic E-state index is 0.735. The lowest BCUT2D eigenvalue weighted by atomic mass is 9.85. The second-order valence-corrected chi connectivity index (χ2v) is 11.5. The number of benzene rings is 6. The third-order valence-electron chi connectivity index (χ3n) is 8.37. The maximum atomic E-state index is 6.62. The predicted octanol–water partition coefficient (Wildman–Crippen LogP) is 13.6. The van der Waals surface area contributed by atoms with Gasteiger partial charge in [-0.15, -0.1) is 0 Å². The van der Waals surface area contributed by atoms with E-state index in [0.29, 0.717) is 0 Å². The number of hydrogen-bond donors (Lipinski definition) is 1. The van der Waals surface area contributed by atoms with Gasteiger partial charge in [-0.1, -0.05) is 167 Å². The quantitative estimate of drug-likeness (QED) is 0.139. The molecular formula is C47H47N. The number of fused-ring (bicyclic) bond motifs is 3. The van der Waals surface area contributed by atoms with E-state index in [2.05, 4.69) is 156 Å². The largest absolute Gasteiger partial charge is 0.398 e. The Balaban J connectivity index is 0.000000808. The van der Waals surface area contributed by atoms with E-state index in [1.807, 2.05) is 32.1 Å². The maximum absolute atomic E-state index is 6.62. The Labute approximate surface area is 287 Å². The molecule has 0 aliphatic rings. The zero-order valence-electron chi connectivity index (χ0n) is 29.1. The molecule has 1 heteroatoms. The fourth-order valence-electron chi connectivity index (χ4n) is 5.88. The Hall–Kier alpha value is -5.66. The Morgan fingerprint density at radius 1 is 0.521 bits per heavy atom. The third kappa shape index (κ3) is 7.82. The third-order valence-corrected chi connectivity index (χ3v) is 8.37. The number of hydrogen-bond acceptors (Lipinski definition) is 1. The van der Waals surface area contributed by atoms with Gasteiger partial charge in [-0.25, -0.2) is 0 Å². The first kappa shape index (κ1) is 35.2. The molecule has 0 fully saturated rings. The monoisotopic (exact) mass is 625 g/mol. The van der Waals surface area contributed by atoms with Gasteiger partial charge < -0.3 is 5.73 Å². The molecule has 0 saturated carbocycles. The summed E-state index contributed by atoms with van der Waals surface area (Å²) in [7, 11) is 0. The van der Waals surface area contributed by atoms with E-state index in [9.17, 15) is 0 Å². The molecule has 0 atom stereocenters. The second kappa shape index (κ2) is 16.8. The highest BCUT2D eigenvalue weighted by molar-refractivity contribution is 6.21. The Morgan fingerprint density at radius 2 is 1.04 bits per heavy atom.